The van der Waals surface area contributed by atoms with Gasteiger partial charge in [-0.15, -0.1) is 0 Å². The highest BCUT2D eigenvalue weighted by atomic mass is 79.9. The summed E-state index contributed by atoms with van der Waals surface area (Å²) in [5.74, 6) is -0.409. The number of methoxy groups -OCH3 is 1. The summed E-state index contributed by atoms with van der Waals surface area (Å²) in [6.45, 7) is 0. The highest BCUT2D eigenvalue weighted by Crippen LogP contribution is 2.10. The Balaban J connectivity index is 2.59. The molecule has 0 aromatic heterocycles. The van der Waals surface area contributed by atoms with E-state index in [-0.39, 0.29) is 0 Å². The van der Waals surface area contributed by atoms with Crippen LogP contribution in [0.3, 0.4) is 0 Å². The number of halogens is 1. The Labute approximate surface area is 90.9 Å². The molecule has 14 heavy (non-hydrogen) atoms. The van der Waals surface area contributed by atoms with E-state index >= 15 is 0 Å². The number of anilines is 1. The first-order valence-electron chi connectivity index (χ1n) is 3.99. The highest BCUT2D eigenvalue weighted by Gasteiger charge is 2.03. The standard InChI is InChI=1S/C10H10BrNO2/c1-14-10(13)9(11)7-12-8-5-3-2-4-6-8/h2-7,12H,1H3/b9-7+. The van der Waals surface area contributed by atoms with Gasteiger partial charge in [0.1, 0.15) is 4.48 Å². The Hall–Kier alpha value is -1.29. The third-order valence-corrected chi connectivity index (χ3v) is 2.07. The molecule has 0 unspecified atom stereocenters. The van der Waals surface area contributed by atoms with Crippen molar-refractivity contribution in [1.29, 1.82) is 0 Å². The molecule has 3 nitrogen and oxygen atoms in total. The van der Waals surface area contributed by atoms with Gasteiger partial charge in [0.25, 0.3) is 0 Å². The number of esters is 1. The number of carbonyl (C=O) groups is 1. The molecule has 4 heteroatoms. The lowest BCUT2D eigenvalue weighted by atomic mass is 10.3. The lowest BCUT2D eigenvalue weighted by molar-refractivity contribution is -0.135. The summed E-state index contributed by atoms with van der Waals surface area (Å²) in [7, 11) is 1.33. The van der Waals surface area contributed by atoms with Crippen LogP contribution in [-0.2, 0) is 9.53 Å². The van der Waals surface area contributed by atoms with Crippen LogP contribution < -0.4 is 5.32 Å². The topological polar surface area (TPSA) is 38.3 Å². The Kier molecular flexibility index (Phi) is 4.19. The van der Waals surface area contributed by atoms with Crippen LogP contribution in [0.2, 0.25) is 0 Å². The van der Waals surface area contributed by atoms with Crippen molar-refractivity contribution in [3.8, 4) is 0 Å². The zero-order valence-corrected chi connectivity index (χ0v) is 9.24. The van der Waals surface area contributed by atoms with E-state index in [1.54, 1.807) is 6.20 Å². The summed E-state index contributed by atoms with van der Waals surface area (Å²) in [5, 5.41) is 2.95. The molecule has 0 aliphatic heterocycles. The van der Waals surface area contributed by atoms with Crippen LogP contribution in [0.4, 0.5) is 5.69 Å². The second-order valence-corrected chi connectivity index (χ2v) is 3.35. The van der Waals surface area contributed by atoms with E-state index < -0.39 is 5.97 Å². The maximum Gasteiger partial charge on any atom is 0.346 e. The van der Waals surface area contributed by atoms with Gasteiger partial charge >= 0.3 is 5.97 Å². The van der Waals surface area contributed by atoms with Gasteiger partial charge in [-0.05, 0) is 28.1 Å². The van der Waals surface area contributed by atoms with Gasteiger partial charge in [-0.25, -0.2) is 4.79 Å². The lowest BCUT2D eigenvalue weighted by Crippen LogP contribution is -2.01. The predicted octanol–water partition coefficient (Wildman–Crippen LogP) is 2.51. The quantitative estimate of drug-likeness (QED) is 0.667. The average Bonchev–Trinajstić information content (AvgIpc) is 2.26. The second-order valence-electron chi connectivity index (χ2n) is 2.49. The highest BCUT2D eigenvalue weighted by molar-refractivity contribution is 9.12. The van der Waals surface area contributed by atoms with E-state index in [2.05, 4.69) is 26.0 Å². The van der Waals surface area contributed by atoms with Gasteiger partial charge in [0.2, 0.25) is 0 Å². The van der Waals surface area contributed by atoms with Gasteiger partial charge in [-0.1, -0.05) is 18.2 Å². The molecule has 0 saturated heterocycles. The fourth-order valence-corrected chi connectivity index (χ4v) is 1.11. The second kappa shape index (κ2) is 5.44. The maximum absolute atomic E-state index is 11.0. The van der Waals surface area contributed by atoms with Crippen molar-refractivity contribution in [3.05, 3.63) is 41.0 Å². The zero-order valence-electron chi connectivity index (χ0n) is 7.66. The zero-order chi connectivity index (χ0) is 10.4. The molecule has 0 aliphatic rings. The van der Waals surface area contributed by atoms with Crippen molar-refractivity contribution in [3.63, 3.8) is 0 Å². The number of hydrogen-bond donors (Lipinski definition) is 1. The van der Waals surface area contributed by atoms with Crippen LogP contribution in [0, 0.1) is 0 Å². The molecule has 0 aliphatic carbocycles. The summed E-state index contributed by atoms with van der Waals surface area (Å²) < 4.78 is 4.86. The molecule has 1 N–H and O–H groups in total. The van der Waals surface area contributed by atoms with Crippen LogP contribution in [0.25, 0.3) is 0 Å². The fraction of sp³-hybridized carbons (Fsp3) is 0.100. The third-order valence-electron chi connectivity index (χ3n) is 1.52. The summed E-state index contributed by atoms with van der Waals surface area (Å²) in [4.78, 5) is 11.0. The summed E-state index contributed by atoms with van der Waals surface area (Å²) in [6, 6.07) is 9.52. The van der Waals surface area contributed by atoms with Crippen LogP contribution in [0.5, 0.6) is 0 Å². The summed E-state index contributed by atoms with van der Waals surface area (Å²) in [5.41, 5.74) is 0.911. The number of nitrogens with one attached hydrogen (secondary N) is 1. The summed E-state index contributed by atoms with van der Waals surface area (Å²) >= 11 is 3.08. The largest absolute Gasteiger partial charge is 0.465 e. The minimum Gasteiger partial charge on any atom is -0.465 e. The van der Waals surface area contributed by atoms with Gasteiger partial charge in [-0.2, -0.15) is 0 Å². The van der Waals surface area contributed by atoms with Crippen molar-refractivity contribution in [2.24, 2.45) is 0 Å². The normalized spacial score (nSPS) is 10.9. The number of para-hydroxylation sites is 1. The maximum atomic E-state index is 11.0. The van der Waals surface area contributed by atoms with E-state index in [0.717, 1.165) is 5.69 Å². The van der Waals surface area contributed by atoms with Crippen molar-refractivity contribution >= 4 is 27.6 Å². The molecule has 1 aromatic carbocycles. The van der Waals surface area contributed by atoms with Crippen LogP contribution in [-0.4, -0.2) is 13.1 Å². The van der Waals surface area contributed by atoms with Gasteiger partial charge < -0.3 is 10.1 Å². The van der Waals surface area contributed by atoms with Gasteiger partial charge in [0, 0.05) is 11.9 Å². The van der Waals surface area contributed by atoms with Crippen molar-refractivity contribution < 1.29 is 9.53 Å². The molecule has 0 saturated carbocycles. The monoisotopic (exact) mass is 255 g/mol. The number of ether oxygens (including phenoxy) is 1. The number of rotatable bonds is 3. The number of carbonyl (C=O) groups excluding carboxylic acids is 1. The molecule has 0 bridgehead atoms. The molecule has 0 amide bonds. The minimum absolute atomic E-state index is 0.351. The summed E-state index contributed by atoms with van der Waals surface area (Å²) in [6.07, 6.45) is 1.54. The molecule has 0 fully saturated rings. The molecule has 0 heterocycles. The van der Waals surface area contributed by atoms with Crippen LogP contribution in [0.15, 0.2) is 41.0 Å². The minimum atomic E-state index is -0.409. The number of benzene rings is 1. The molecular formula is C10H10BrNO2. The molecule has 0 spiro atoms. The lowest BCUT2D eigenvalue weighted by Gasteiger charge is -2.00. The van der Waals surface area contributed by atoms with Crippen molar-refractivity contribution in [2.45, 2.75) is 0 Å². The molecule has 1 aromatic rings. The Morgan fingerprint density at radius 1 is 1.43 bits per heavy atom. The first-order chi connectivity index (χ1) is 6.74. The van der Waals surface area contributed by atoms with E-state index in [1.807, 2.05) is 30.3 Å². The van der Waals surface area contributed by atoms with Crippen molar-refractivity contribution in [1.82, 2.24) is 0 Å². The van der Waals surface area contributed by atoms with E-state index in [4.69, 9.17) is 0 Å². The molecule has 74 valence electrons. The van der Waals surface area contributed by atoms with Gasteiger partial charge in [-0.3, -0.25) is 0 Å². The van der Waals surface area contributed by atoms with Crippen LogP contribution >= 0.6 is 15.9 Å². The molecular weight excluding hydrogens is 246 g/mol. The first-order valence-corrected chi connectivity index (χ1v) is 4.79. The molecule has 0 atom stereocenters. The SMILES string of the molecule is COC(=O)/C(Br)=C\Nc1ccccc1. The van der Waals surface area contributed by atoms with Crippen molar-refractivity contribution in [2.75, 3.05) is 12.4 Å². The fourth-order valence-electron chi connectivity index (χ4n) is 0.837. The first kappa shape index (κ1) is 10.8. The van der Waals surface area contributed by atoms with Gasteiger partial charge in [0.05, 0.1) is 7.11 Å². The average molecular weight is 256 g/mol. The van der Waals surface area contributed by atoms with E-state index in [1.165, 1.54) is 7.11 Å². The molecule has 1 rings (SSSR count). The molecule has 0 radical (unpaired) electrons. The number of hydrogen-bond acceptors (Lipinski definition) is 3. The third kappa shape index (κ3) is 3.22. The predicted molar refractivity (Wildman–Crippen MR) is 59.1 cm³/mol. The smallest absolute Gasteiger partial charge is 0.346 e. The Morgan fingerprint density at radius 2 is 2.07 bits per heavy atom. The Morgan fingerprint density at radius 3 is 2.64 bits per heavy atom. The van der Waals surface area contributed by atoms with Crippen LogP contribution in [0.1, 0.15) is 0 Å². The van der Waals surface area contributed by atoms with E-state index in [9.17, 15) is 4.79 Å². The Bertz CT molecular complexity index is 335. The van der Waals surface area contributed by atoms with E-state index in [0.29, 0.717) is 4.48 Å². The van der Waals surface area contributed by atoms with Gasteiger partial charge in [0.15, 0.2) is 0 Å².